The molecule has 1 saturated heterocycles. The first-order valence-electron chi connectivity index (χ1n) is 7.36. The van der Waals surface area contributed by atoms with Crippen molar-refractivity contribution in [3.05, 3.63) is 12.2 Å². The molecular formula is C14H24N2O3S. The summed E-state index contributed by atoms with van der Waals surface area (Å²) in [4.78, 5) is 14.3. The summed E-state index contributed by atoms with van der Waals surface area (Å²) in [5.41, 5.74) is 0. The van der Waals surface area contributed by atoms with Gasteiger partial charge in [-0.1, -0.05) is 12.2 Å². The monoisotopic (exact) mass is 300 g/mol. The topological polar surface area (TPSA) is 66.5 Å². The number of hydrogen-bond donors (Lipinski definition) is 1. The number of nitrogens with one attached hydrogen (secondary N) is 1. The summed E-state index contributed by atoms with van der Waals surface area (Å²) in [6.07, 6.45) is 11.1. The van der Waals surface area contributed by atoms with Crippen LogP contribution in [0.15, 0.2) is 12.2 Å². The summed E-state index contributed by atoms with van der Waals surface area (Å²) in [7, 11) is -3.19. The predicted octanol–water partition coefficient (Wildman–Crippen LogP) is 1.27. The highest BCUT2D eigenvalue weighted by atomic mass is 32.2. The summed E-state index contributed by atoms with van der Waals surface area (Å²) >= 11 is 0. The van der Waals surface area contributed by atoms with Gasteiger partial charge in [0.1, 0.15) is 0 Å². The van der Waals surface area contributed by atoms with Crippen LogP contribution < -0.4 is 4.72 Å². The Morgan fingerprint density at radius 2 is 2.15 bits per heavy atom. The molecule has 6 heteroatoms. The highest BCUT2D eigenvalue weighted by Crippen LogP contribution is 2.24. The van der Waals surface area contributed by atoms with Crippen LogP contribution in [0.25, 0.3) is 0 Å². The molecule has 2 rings (SSSR count). The molecule has 0 aromatic rings. The third-order valence-corrected chi connectivity index (χ3v) is 4.77. The Kier molecular flexibility index (Phi) is 5.21. The third-order valence-electron chi connectivity index (χ3n) is 4.08. The van der Waals surface area contributed by atoms with E-state index < -0.39 is 10.0 Å². The number of sulfonamides is 1. The zero-order valence-corrected chi connectivity index (χ0v) is 12.9. The summed E-state index contributed by atoms with van der Waals surface area (Å²) in [5, 5.41) is 0. The van der Waals surface area contributed by atoms with Crippen LogP contribution >= 0.6 is 0 Å². The zero-order valence-electron chi connectivity index (χ0n) is 12.0. The average Bonchev–Trinajstić information content (AvgIpc) is 2.88. The lowest BCUT2D eigenvalue weighted by Crippen LogP contribution is -2.49. The van der Waals surface area contributed by atoms with E-state index >= 15 is 0 Å². The van der Waals surface area contributed by atoms with Crippen molar-refractivity contribution in [1.82, 2.24) is 9.62 Å². The summed E-state index contributed by atoms with van der Waals surface area (Å²) in [5.74, 6) is 0.537. The molecule has 0 aromatic carbocycles. The minimum absolute atomic E-state index is 0.0105. The Morgan fingerprint density at radius 1 is 1.35 bits per heavy atom. The van der Waals surface area contributed by atoms with Crippen LogP contribution in [0, 0.1) is 5.92 Å². The summed E-state index contributed by atoms with van der Waals surface area (Å²) < 4.78 is 24.9. The normalized spacial score (nSPS) is 26.9. The van der Waals surface area contributed by atoms with E-state index in [1.165, 1.54) is 0 Å². The molecule has 1 aliphatic carbocycles. The van der Waals surface area contributed by atoms with Crippen LogP contribution in [0.2, 0.25) is 0 Å². The number of carbonyl (C=O) groups excluding carboxylic acids is 1. The Balaban J connectivity index is 1.91. The van der Waals surface area contributed by atoms with Gasteiger partial charge < -0.3 is 4.90 Å². The average molecular weight is 300 g/mol. The molecule has 0 saturated carbocycles. The van der Waals surface area contributed by atoms with Crippen LogP contribution in [-0.4, -0.2) is 44.6 Å². The van der Waals surface area contributed by atoms with E-state index in [2.05, 4.69) is 16.9 Å². The van der Waals surface area contributed by atoms with Crippen LogP contribution in [-0.2, 0) is 14.8 Å². The van der Waals surface area contributed by atoms with E-state index in [-0.39, 0.29) is 11.9 Å². The van der Waals surface area contributed by atoms with Gasteiger partial charge in [0.2, 0.25) is 15.9 Å². The Morgan fingerprint density at radius 3 is 2.80 bits per heavy atom. The van der Waals surface area contributed by atoms with Crippen LogP contribution in [0.4, 0.5) is 0 Å². The lowest BCUT2D eigenvalue weighted by atomic mass is 9.99. The van der Waals surface area contributed by atoms with Gasteiger partial charge in [-0.15, -0.1) is 0 Å². The van der Waals surface area contributed by atoms with Crippen molar-refractivity contribution in [2.75, 3.05) is 19.3 Å². The smallest absolute Gasteiger partial charge is 0.223 e. The lowest BCUT2D eigenvalue weighted by Gasteiger charge is -2.36. The molecule has 1 amide bonds. The number of likely N-dealkylation sites (tertiary alicyclic amines) is 1. The molecule has 0 unspecified atom stereocenters. The fourth-order valence-electron chi connectivity index (χ4n) is 3.00. The van der Waals surface area contributed by atoms with Crippen LogP contribution in [0.5, 0.6) is 0 Å². The molecule has 1 N–H and O–H groups in total. The fraction of sp³-hybridized carbons (Fsp3) is 0.786. The van der Waals surface area contributed by atoms with E-state index in [1.807, 2.05) is 4.90 Å². The fourth-order valence-corrected chi connectivity index (χ4v) is 3.49. The number of amides is 1. The number of carbonyl (C=O) groups is 1. The minimum atomic E-state index is -3.19. The first kappa shape index (κ1) is 15.5. The van der Waals surface area contributed by atoms with Crippen molar-refractivity contribution in [2.24, 2.45) is 5.92 Å². The second-order valence-electron chi connectivity index (χ2n) is 5.83. The molecule has 2 aliphatic rings. The van der Waals surface area contributed by atoms with Crippen molar-refractivity contribution in [1.29, 1.82) is 0 Å². The van der Waals surface area contributed by atoms with Crippen LogP contribution in [0.1, 0.15) is 38.5 Å². The molecule has 20 heavy (non-hydrogen) atoms. The molecule has 114 valence electrons. The number of allylic oxidation sites excluding steroid dienone is 2. The van der Waals surface area contributed by atoms with Crippen molar-refractivity contribution < 1.29 is 13.2 Å². The van der Waals surface area contributed by atoms with Gasteiger partial charge in [-0.3, -0.25) is 4.79 Å². The quantitative estimate of drug-likeness (QED) is 0.778. The summed E-state index contributed by atoms with van der Waals surface area (Å²) in [6.45, 7) is 1.09. The van der Waals surface area contributed by atoms with E-state index in [0.717, 1.165) is 44.9 Å². The third kappa shape index (κ3) is 4.59. The first-order chi connectivity index (χ1) is 9.46. The zero-order chi connectivity index (χ0) is 14.6. The van der Waals surface area contributed by atoms with Gasteiger partial charge in [-0.25, -0.2) is 13.1 Å². The van der Waals surface area contributed by atoms with Gasteiger partial charge in [0.15, 0.2) is 0 Å². The van der Waals surface area contributed by atoms with Crippen molar-refractivity contribution >= 4 is 15.9 Å². The molecule has 1 aliphatic heterocycles. The molecule has 0 radical (unpaired) electrons. The number of rotatable bonds is 5. The van der Waals surface area contributed by atoms with Gasteiger partial charge in [0.25, 0.3) is 0 Å². The number of piperidine rings is 1. The van der Waals surface area contributed by atoms with E-state index in [4.69, 9.17) is 0 Å². The van der Waals surface area contributed by atoms with Gasteiger partial charge in [-0.2, -0.15) is 0 Å². The second kappa shape index (κ2) is 6.72. The van der Waals surface area contributed by atoms with E-state index in [1.54, 1.807) is 0 Å². The van der Waals surface area contributed by atoms with E-state index in [0.29, 0.717) is 18.9 Å². The van der Waals surface area contributed by atoms with Crippen molar-refractivity contribution in [3.8, 4) is 0 Å². The number of hydrogen-bond acceptors (Lipinski definition) is 3. The maximum absolute atomic E-state index is 12.4. The first-order valence-corrected chi connectivity index (χ1v) is 9.25. The largest absolute Gasteiger partial charge is 0.338 e. The highest BCUT2D eigenvalue weighted by Gasteiger charge is 2.28. The standard InChI is InChI=1S/C14H24N2O3S/c1-20(18,19)15-11-13-8-4-5-9-16(13)14(17)10-12-6-2-3-7-12/h2,6,12-13,15H,3-5,7-11H2,1H3/t12-,13-/m0/s1. The predicted molar refractivity (Wildman–Crippen MR) is 78.7 cm³/mol. The molecular weight excluding hydrogens is 276 g/mol. The molecule has 0 bridgehead atoms. The van der Waals surface area contributed by atoms with Gasteiger partial charge in [-0.05, 0) is 38.0 Å². The molecule has 5 nitrogen and oxygen atoms in total. The second-order valence-corrected chi connectivity index (χ2v) is 7.66. The Hall–Kier alpha value is -0.880. The minimum Gasteiger partial charge on any atom is -0.338 e. The molecule has 0 aromatic heterocycles. The number of nitrogens with zero attached hydrogens (tertiary/aromatic N) is 1. The lowest BCUT2D eigenvalue weighted by molar-refractivity contribution is -0.135. The van der Waals surface area contributed by atoms with Crippen molar-refractivity contribution in [3.63, 3.8) is 0 Å². The Labute approximate surface area is 121 Å². The molecule has 1 fully saturated rings. The maximum Gasteiger partial charge on any atom is 0.223 e. The van der Waals surface area contributed by atoms with Gasteiger partial charge >= 0.3 is 0 Å². The molecule has 1 heterocycles. The molecule has 0 spiro atoms. The highest BCUT2D eigenvalue weighted by molar-refractivity contribution is 7.88. The summed E-state index contributed by atoms with van der Waals surface area (Å²) in [6, 6.07) is 0.0105. The Bertz CT molecular complexity index is 473. The SMILES string of the molecule is CS(=O)(=O)NC[C@@H]1CCCCN1C(=O)C[C@H]1C=CCC1. The maximum atomic E-state index is 12.4. The van der Waals surface area contributed by atoms with Gasteiger partial charge in [0.05, 0.1) is 6.26 Å². The van der Waals surface area contributed by atoms with Gasteiger partial charge in [0, 0.05) is 25.6 Å². The van der Waals surface area contributed by atoms with Crippen LogP contribution in [0.3, 0.4) is 0 Å². The van der Waals surface area contributed by atoms with Crippen molar-refractivity contribution in [2.45, 2.75) is 44.6 Å². The molecule has 2 atom stereocenters. The van der Waals surface area contributed by atoms with E-state index in [9.17, 15) is 13.2 Å².